The molecule has 0 aliphatic heterocycles. The van der Waals surface area contributed by atoms with Crippen LogP contribution in [0.4, 0.5) is 0 Å². The number of benzene rings is 1. The van der Waals surface area contributed by atoms with Crippen LogP contribution in [0.15, 0.2) is 35.7 Å². The molecule has 0 radical (unpaired) electrons. The summed E-state index contributed by atoms with van der Waals surface area (Å²) in [5.74, 6) is -0.878. The molecule has 106 valence electrons. The Morgan fingerprint density at radius 1 is 1.40 bits per heavy atom. The Morgan fingerprint density at radius 3 is 2.65 bits per heavy atom. The summed E-state index contributed by atoms with van der Waals surface area (Å²) < 4.78 is 0. The van der Waals surface area contributed by atoms with E-state index in [9.17, 15) is 4.79 Å². The fourth-order valence-electron chi connectivity index (χ4n) is 2.00. The SMILES string of the molecule is CCC(NCc1cc(C(=O)O)cs1)c1ccc(Cl)cc1. The molecule has 2 rings (SSSR count). The number of carbonyl (C=O) groups is 1. The van der Waals surface area contributed by atoms with E-state index in [0.29, 0.717) is 12.1 Å². The van der Waals surface area contributed by atoms with Gasteiger partial charge in [0.2, 0.25) is 0 Å². The average molecular weight is 310 g/mol. The third kappa shape index (κ3) is 3.82. The van der Waals surface area contributed by atoms with Crippen molar-refractivity contribution in [2.45, 2.75) is 25.9 Å². The lowest BCUT2D eigenvalue weighted by Gasteiger charge is -2.17. The van der Waals surface area contributed by atoms with Gasteiger partial charge < -0.3 is 10.4 Å². The lowest BCUT2D eigenvalue weighted by atomic mass is 10.0. The maximum absolute atomic E-state index is 10.8. The van der Waals surface area contributed by atoms with Gasteiger partial charge in [-0.2, -0.15) is 0 Å². The van der Waals surface area contributed by atoms with E-state index in [1.807, 2.05) is 24.3 Å². The Bertz CT molecular complexity index is 580. The summed E-state index contributed by atoms with van der Waals surface area (Å²) >= 11 is 7.35. The van der Waals surface area contributed by atoms with Gasteiger partial charge in [0.15, 0.2) is 0 Å². The summed E-state index contributed by atoms with van der Waals surface area (Å²) in [4.78, 5) is 11.9. The van der Waals surface area contributed by atoms with Crippen LogP contribution >= 0.6 is 22.9 Å². The zero-order valence-corrected chi connectivity index (χ0v) is 12.7. The third-order valence-electron chi connectivity index (χ3n) is 3.10. The summed E-state index contributed by atoms with van der Waals surface area (Å²) in [6, 6.07) is 9.75. The largest absolute Gasteiger partial charge is 0.478 e. The van der Waals surface area contributed by atoms with Crippen LogP contribution in [0, 0.1) is 0 Å². The van der Waals surface area contributed by atoms with Crippen molar-refractivity contribution in [1.82, 2.24) is 5.32 Å². The summed E-state index contributed by atoms with van der Waals surface area (Å²) in [5.41, 5.74) is 1.54. The maximum atomic E-state index is 10.8. The molecule has 5 heteroatoms. The summed E-state index contributed by atoms with van der Waals surface area (Å²) in [6.07, 6.45) is 0.957. The molecule has 0 bridgehead atoms. The molecule has 1 aromatic carbocycles. The van der Waals surface area contributed by atoms with Crippen LogP contribution in [0.25, 0.3) is 0 Å². The van der Waals surface area contributed by atoms with E-state index in [0.717, 1.165) is 16.3 Å². The number of nitrogens with one attached hydrogen (secondary N) is 1. The predicted octanol–water partition coefficient (Wildman–Crippen LogP) is 4.34. The first-order chi connectivity index (χ1) is 9.60. The highest BCUT2D eigenvalue weighted by molar-refractivity contribution is 7.10. The highest BCUT2D eigenvalue weighted by atomic mass is 35.5. The number of hydrogen-bond donors (Lipinski definition) is 2. The molecule has 0 aliphatic rings. The molecule has 0 spiro atoms. The van der Waals surface area contributed by atoms with Crippen molar-refractivity contribution in [2.24, 2.45) is 0 Å². The van der Waals surface area contributed by atoms with Gasteiger partial charge in [0, 0.05) is 27.9 Å². The molecule has 0 fully saturated rings. The number of halogens is 1. The minimum absolute atomic E-state index is 0.239. The molecule has 1 heterocycles. The normalized spacial score (nSPS) is 12.3. The van der Waals surface area contributed by atoms with Crippen molar-refractivity contribution >= 4 is 28.9 Å². The number of hydrogen-bond acceptors (Lipinski definition) is 3. The molecule has 1 aromatic heterocycles. The Morgan fingerprint density at radius 2 is 2.10 bits per heavy atom. The zero-order chi connectivity index (χ0) is 14.5. The van der Waals surface area contributed by atoms with Crippen LogP contribution in [0.5, 0.6) is 0 Å². The first-order valence-electron chi connectivity index (χ1n) is 6.39. The van der Waals surface area contributed by atoms with Crippen LogP contribution in [-0.4, -0.2) is 11.1 Å². The highest BCUT2D eigenvalue weighted by Crippen LogP contribution is 2.21. The minimum atomic E-state index is -0.878. The Kier molecular flexibility index (Phi) is 5.17. The van der Waals surface area contributed by atoms with Gasteiger partial charge in [0.25, 0.3) is 0 Å². The summed E-state index contributed by atoms with van der Waals surface area (Å²) in [5, 5.41) is 14.7. The molecule has 0 saturated carbocycles. The smallest absolute Gasteiger partial charge is 0.336 e. The van der Waals surface area contributed by atoms with Crippen LogP contribution in [-0.2, 0) is 6.54 Å². The average Bonchev–Trinajstić information content (AvgIpc) is 2.90. The molecule has 20 heavy (non-hydrogen) atoms. The van der Waals surface area contributed by atoms with Gasteiger partial charge in [-0.3, -0.25) is 0 Å². The lowest BCUT2D eigenvalue weighted by Crippen LogP contribution is -2.19. The monoisotopic (exact) mass is 309 g/mol. The van der Waals surface area contributed by atoms with E-state index in [4.69, 9.17) is 16.7 Å². The van der Waals surface area contributed by atoms with Gasteiger partial charge in [0.05, 0.1) is 5.56 Å². The van der Waals surface area contributed by atoms with E-state index in [2.05, 4.69) is 12.2 Å². The maximum Gasteiger partial charge on any atom is 0.336 e. The fourth-order valence-corrected chi connectivity index (χ4v) is 2.94. The Hall–Kier alpha value is -1.36. The number of rotatable bonds is 6. The van der Waals surface area contributed by atoms with Crippen molar-refractivity contribution in [3.8, 4) is 0 Å². The lowest BCUT2D eigenvalue weighted by molar-refractivity contribution is 0.0697. The van der Waals surface area contributed by atoms with Crippen LogP contribution in [0.3, 0.4) is 0 Å². The second-order valence-corrected chi connectivity index (χ2v) is 5.93. The fraction of sp³-hybridized carbons (Fsp3) is 0.267. The molecule has 2 aromatic rings. The van der Waals surface area contributed by atoms with Crippen molar-refractivity contribution in [2.75, 3.05) is 0 Å². The molecule has 2 N–H and O–H groups in total. The van der Waals surface area contributed by atoms with Crippen molar-refractivity contribution in [1.29, 1.82) is 0 Å². The van der Waals surface area contributed by atoms with Gasteiger partial charge in [-0.05, 0) is 30.2 Å². The van der Waals surface area contributed by atoms with E-state index in [1.54, 1.807) is 11.4 Å². The topological polar surface area (TPSA) is 49.3 Å². The first kappa shape index (κ1) is 15.0. The van der Waals surface area contributed by atoms with Gasteiger partial charge in [-0.1, -0.05) is 30.7 Å². The predicted molar refractivity (Wildman–Crippen MR) is 82.6 cm³/mol. The van der Waals surface area contributed by atoms with E-state index < -0.39 is 5.97 Å². The number of carboxylic acids is 1. The number of thiophene rings is 1. The first-order valence-corrected chi connectivity index (χ1v) is 7.65. The second kappa shape index (κ2) is 6.88. The highest BCUT2D eigenvalue weighted by Gasteiger charge is 2.11. The summed E-state index contributed by atoms with van der Waals surface area (Å²) in [7, 11) is 0. The summed E-state index contributed by atoms with van der Waals surface area (Å²) in [6.45, 7) is 2.78. The van der Waals surface area contributed by atoms with E-state index >= 15 is 0 Å². The molecular formula is C15H16ClNO2S. The molecule has 0 saturated heterocycles. The molecular weight excluding hydrogens is 294 g/mol. The molecule has 0 amide bonds. The number of carboxylic acid groups (broad SMARTS) is 1. The van der Waals surface area contributed by atoms with Crippen molar-refractivity contribution in [3.63, 3.8) is 0 Å². The molecule has 3 nitrogen and oxygen atoms in total. The van der Waals surface area contributed by atoms with Gasteiger partial charge in [-0.25, -0.2) is 4.79 Å². The minimum Gasteiger partial charge on any atom is -0.478 e. The molecule has 0 aliphatic carbocycles. The van der Waals surface area contributed by atoms with E-state index in [-0.39, 0.29) is 6.04 Å². The van der Waals surface area contributed by atoms with Crippen molar-refractivity contribution in [3.05, 3.63) is 56.7 Å². The van der Waals surface area contributed by atoms with Crippen LogP contribution in [0.1, 0.15) is 40.2 Å². The zero-order valence-electron chi connectivity index (χ0n) is 11.1. The number of aromatic carboxylic acids is 1. The van der Waals surface area contributed by atoms with E-state index in [1.165, 1.54) is 16.9 Å². The standard InChI is InChI=1S/C15H16ClNO2S/c1-2-14(10-3-5-12(16)6-4-10)17-8-13-7-11(9-20-13)15(18)19/h3-7,9,14,17H,2,8H2,1H3,(H,18,19). The molecule has 1 unspecified atom stereocenters. The molecule has 1 atom stereocenters. The third-order valence-corrected chi connectivity index (χ3v) is 4.29. The van der Waals surface area contributed by atoms with Gasteiger partial charge >= 0.3 is 5.97 Å². The Balaban J connectivity index is 1.99. The Labute approximate surface area is 127 Å². The second-order valence-electron chi connectivity index (χ2n) is 4.50. The van der Waals surface area contributed by atoms with Gasteiger partial charge in [0.1, 0.15) is 0 Å². The van der Waals surface area contributed by atoms with Crippen molar-refractivity contribution < 1.29 is 9.90 Å². The van der Waals surface area contributed by atoms with Gasteiger partial charge in [-0.15, -0.1) is 11.3 Å². The van der Waals surface area contributed by atoms with Crippen LogP contribution in [0.2, 0.25) is 5.02 Å². The van der Waals surface area contributed by atoms with Crippen LogP contribution < -0.4 is 5.32 Å². The quantitative estimate of drug-likeness (QED) is 0.834.